The molecule has 0 atom stereocenters. The lowest BCUT2D eigenvalue weighted by molar-refractivity contribution is -0.274. The van der Waals surface area contributed by atoms with Crippen molar-refractivity contribution in [2.24, 2.45) is 12.1 Å². The van der Waals surface area contributed by atoms with Crippen LogP contribution in [0.2, 0.25) is 0 Å². The maximum Gasteiger partial charge on any atom is 0.573 e. The Morgan fingerprint density at radius 3 is 2.52 bits per heavy atom. The number of carbonyl (C=O) groups is 1. The second kappa shape index (κ2) is 12.0. The number of hydrogen-bond acceptors (Lipinski definition) is 6. The molecule has 0 saturated carbocycles. The topological polar surface area (TPSA) is 105 Å². The molecule has 208 valence electrons. The number of alkyl halides is 3. The molecule has 0 aliphatic heterocycles. The average Bonchev–Trinajstić information content (AvgIpc) is 3.21. The molecule has 0 unspecified atom stereocenters. The molecular formula is C27H26F3N7O2S. The summed E-state index contributed by atoms with van der Waals surface area (Å²) in [5.41, 5.74) is 11.8. The maximum absolute atomic E-state index is 12.4. The number of para-hydroxylation sites is 1. The van der Waals surface area contributed by atoms with E-state index in [0.717, 1.165) is 39.8 Å². The van der Waals surface area contributed by atoms with Crippen LogP contribution >= 0.6 is 12.2 Å². The van der Waals surface area contributed by atoms with Gasteiger partial charge in [-0.2, -0.15) is 10.2 Å². The zero-order chi connectivity index (χ0) is 28.9. The third-order valence-corrected chi connectivity index (χ3v) is 5.92. The van der Waals surface area contributed by atoms with E-state index in [4.69, 9.17) is 12.2 Å². The van der Waals surface area contributed by atoms with Crippen LogP contribution in [0, 0.1) is 0 Å². The van der Waals surface area contributed by atoms with Crippen molar-refractivity contribution in [3.63, 3.8) is 0 Å². The standard InChI is InChI=1S/C27H26F3N7O2S/c1-16(2)20-6-4-5-7-22(20)32-26(40)35-31-15-17-8-13-21-23(14-17)37(3)36-24(21)33-34-25(38)18-9-11-19(12-10-18)39-27(28,29)30/h4-16H,1-3H3,(H,33,36)(H,34,38)(H2,32,35,40)/b31-15-. The number of hydrazine groups is 1. The van der Waals surface area contributed by atoms with E-state index in [1.165, 1.54) is 12.1 Å². The number of fused-ring (bicyclic) bond motifs is 1. The number of hydrogen-bond donors (Lipinski definition) is 4. The molecule has 9 nitrogen and oxygen atoms in total. The number of aromatic nitrogens is 2. The van der Waals surface area contributed by atoms with E-state index in [1.807, 2.05) is 42.5 Å². The molecule has 3 aromatic carbocycles. The number of carbonyl (C=O) groups excluding carboxylic acids is 1. The van der Waals surface area contributed by atoms with E-state index in [-0.39, 0.29) is 5.56 Å². The fraction of sp³-hybridized carbons (Fsp3) is 0.185. The fourth-order valence-corrected chi connectivity index (χ4v) is 4.04. The number of thiocarbonyl (C=S) groups is 1. The molecule has 13 heteroatoms. The van der Waals surface area contributed by atoms with Gasteiger partial charge >= 0.3 is 6.36 Å². The molecule has 0 aliphatic carbocycles. The van der Waals surface area contributed by atoms with E-state index < -0.39 is 18.0 Å². The lowest BCUT2D eigenvalue weighted by atomic mass is 10.0. The van der Waals surface area contributed by atoms with Gasteiger partial charge in [0, 0.05) is 23.7 Å². The fourth-order valence-electron chi connectivity index (χ4n) is 3.87. The van der Waals surface area contributed by atoms with Crippen molar-refractivity contribution in [2.75, 3.05) is 10.7 Å². The predicted molar refractivity (Wildman–Crippen MR) is 152 cm³/mol. The van der Waals surface area contributed by atoms with Gasteiger partial charge in [-0.1, -0.05) is 38.1 Å². The lowest BCUT2D eigenvalue weighted by Crippen LogP contribution is -2.29. The van der Waals surface area contributed by atoms with Crippen LogP contribution in [0.1, 0.15) is 41.3 Å². The van der Waals surface area contributed by atoms with Crippen LogP contribution in [0.15, 0.2) is 71.8 Å². The predicted octanol–water partition coefficient (Wildman–Crippen LogP) is 5.67. The lowest BCUT2D eigenvalue weighted by Gasteiger charge is -2.14. The van der Waals surface area contributed by atoms with Crippen LogP contribution in [0.25, 0.3) is 10.9 Å². The summed E-state index contributed by atoms with van der Waals surface area (Å²) in [6.45, 7) is 4.22. The van der Waals surface area contributed by atoms with E-state index >= 15 is 0 Å². The molecule has 0 bridgehead atoms. The Labute approximate surface area is 233 Å². The van der Waals surface area contributed by atoms with Crippen molar-refractivity contribution in [2.45, 2.75) is 26.1 Å². The second-order valence-electron chi connectivity index (χ2n) is 8.97. The quantitative estimate of drug-likeness (QED) is 0.123. The molecular weight excluding hydrogens is 543 g/mol. The third kappa shape index (κ3) is 7.26. The summed E-state index contributed by atoms with van der Waals surface area (Å²) in [5.74, 6) is -0.259. The Balaban J connectivity index is 1.36. The number of benzene rings is 3. The van der Waals surface area contributed by atoms with E-state index in [9.17, 15) is 18.0 Å². The molecule has 4 aromatic rings. The molecule has 40 heavy (non-hydrogen) atoms. The van der Waals surface area contributed by atoms with Gasteiger partial charge < -0.3 is 10.1 Å². The highest BCUT2D eigenvalue weighted by Gasteiger charge is 2.31. The SMILES string of the molecule is CC(C)c1ccccc1NC(=S)N/N=C\c1ccc2c(NNC(=O)c3ccc(OC(F)(F)F)cc3)nn(C)c2c1. The number of nitrogens with zero attached hydrogens (tertiary/aromatic N) is 3. The Hall–Kier alpha value is -4.65. The molecule has 0 saturated heterocycles. The van der Waals surface area contributed by atoms with Crippen molar-refractivity contribution in [3.8, 4) is 5.75 Å². The minimum absolute atomic E-state index is 0.133. The zero-order valence-electron chi connectivity index (χ0n) is 21.7. The average molecular weight is 570 g/mol. The van der Waals surface area contributed by atoms with Gasteiger partial charge in [-0.15, -0.1) is 13.2 Å². The van der Waals surface area contributed by atoms with Gasteiger partial charge in [-0.3, -0.25) is 25.8 Å². The van der Waals surface area contributed by atoms with Crippen LogP contribution in [0.5, 0.6) is 5.75 Å². The van der Waals surface area contributed by atoms with Gasteiger partial charge in [0.25, 0.3) is 5.91 Å². The Kier molecular flexibility index (Phi) is 8.53. The summed E-state index contributed by atoms with van der Waals surface area (Å²) in [4.78, 5) is 12.4. The summed E-state index contributed by atoms with van der Waals surface area (Å²) >= 11 is 5.37. The van der Waals surface area contributed by atoms with Crippen molar-refractivity contribution in [1.82, 2.24) is 20.6 Å². The van der Waals surface area contributed by atoms with Crippen LogP contribution in [0.3, 0.4) is 0 Å². The minimum atomic E-state index is -4.81. The molecule has 0 aliphatic rings. The van der Waals surface area contributed by atoms with Crippen LogP contribution < -0.4 is 26.3 Å². The first-order valence-electron chi connectivity index (χ1n) is 12.1. The monoisotopic (exact) mass is 569 g/mol. The number of ether oxygens (including phenoxy) is 1. The Morgan fingerprint density at radius 1 is 1.10 bits per heavy atom. The first-order valence-corrected chi connectivity index (χ1v) is 12.5. The largest absolute Gasteiger partial charge is 0.573 e. The van der Waals surface area contributed by atoms with Crippen molar-refractivity contribution in [3.05, 3.63) is 83.4 Å². The summed E-state index contributed by atoms with van der Waals surface area (Å²) < 4.78 is 42.4. The van der Waals surface area contributed by atoms with Crippen molar-refractivity contribution < 1.29 is 22.7 Å². The number of anilines is 2. The van der Waals surface area contributed by atoms with Crippen LogP contribution in [-0.2, 0) is 7.05 Å². The molecule has 4 rings (SSSR count). The smallest absolute Gasteiger partial charge is 0.406 e. The molecule has 0 fully saturated rings. The third-order valence-electron chi connectivity index (χ3n) is 5.73. The number of hydrazone groups is 1. The van der Waals surface area contributed by atoms with E-state index in [2.05, 4.69) is 50.4 Å². The van der Waals surface area contributed by atoms with Gasteiger partial charge in [0.05, 0.1) is 11.7 Å². The van der Waals surface area contributed by atoms with Crippen molar-refractivity contribution >= 4 is 51.9 Å². The minimum Gasteiger partial charge on any atom is -0.406 e. The van der Waals surface area contributed by atoms with E-state index in [1.54, 1.807) is 17.9 Å². The van der Waals surface area contributed by atoms with Gasteiger partial charge in [-0.25, -0.2) is 0 Å². The first kappa shape index (κ1) is 28.4. The molecule has 1 amide bonds. The van der Waals surface area contributed by atoms with E-state index in [0.29, 0.717) is 16.8 Å². The highest BCUT2D eigenvalue weighted by Crippen LogP contribution is 2.25. The molecule has 1 heterocycles. The van der Waals surface area contributed by atoms with Crippen LogP contribution in [0.4, 0.5) is 24.7 Å². The second-order valence-corrected chi connectivity index (χ2v) is 9.37. The Morgan fingerprint density at radius 2 is 1.82 bits per heavy atom. The van der Waals surface area contributed by atoms with Crippen LogP contribution in [-0.4, -0.2) is 33.4 Å². The van der Waals surface area contributed by atoms with Gasteiger partial charge in [-0.05, 0) is 71.7 Å². The highest BCUT2D eigenvalue weighted by molar-refractivity contribution is 7.80. The zero-order valence-corrected chi connectivity index (χ0v) is 22.5. The summed E-state index contributed by atoms with van der Waals surface area (Å²) in [6, 6.07) is 18.0. The number of nitrogens with one attached hydrogen (secondary N) is 4. The summed E-state index contributed by atoms with van der Waals surface area (Å²) in [7, 11) is 1.75. The first-order chi connectivity index (χ1) is 19.0. The molecule has 0 radical (unpaired) electrons. The molecule has 4 N–H and O–H groups in total. The summed E-state index contributed by atoms with van der Waals surface area (Å²) in [5, 5.41) is 12.9. The van der Waals surface area contributed by atoms with Gasteiger partial charge in [0.2, 0.25) is 0 Å². The van der Waals surface area contributed by atoms with Gasteiger partial charge in [0.1, 0.15) is 5.75 Å². The molecule has 1 aromatic heterocycles. The number of rotatable bonds is 8. The number of aryl methyl sites for hydroxylation is 1. The van der Waals surface area contributed by atoms with Gasteiger partial charge in [0.15, 0.2) is 10.9 Å². The number of amides is 1. The normalized spacial score (nSPS) is 11.6. The molecule has 0 spiro atoms. The maximum atomic E-state index is 12.4. The highest BCUT2D eigenvalue weighted by atomic mass is 32.1. The number of halogens is 3. The summed E-state index contributed by atoms with van der Waals surface area (Å²) in [6.07, 6.45) is -3.19. The Bertz CT molecular complexity index is 1550. The van der Waals surface area contributed by atoms with Crippen molar-refractivity contribution in [1.29, 1.82) is 0 Å².